The summed E-state index contributed by atoms with van der Waals surface area (Å²) in [5.41, 5.74) is 4.15. The van der Waals surface area contributed by atoms with Gasteiger partial charge in [-0.1, -0.05) is 6.07 Å². The van der Waals surface area contributed by atoms with E-state index in [1.165, 1.54) is 14.2 Å². The molecular weight excluding hydrogens is 292 g/mol. The molecule has 0 atom stereocenters. The molecule has 1 heterocycles. The van der Waals surface area contributed by atoms with E-state index >= 15 is 0 Å². The molecule has 1 aromatic carbocycles. The Kier molecular flexibility index (Phi) is 4.25. The van der Waals surface area contributed by atoms with E-state index in [4.69, 9.17) is 15.2 Å². The third-order valence-electron chi connectivity index (χ3n) is 3.09. The summed E-state index contributed by atoms with van der Waals surface area (Å²) in [5.74, 6) is 0.714. The second kappa shape index (κ2) is 6.12. The van der Waals surface area contributed by atoms with Gasteiger partial charge in [-0.3, -0.25) is 14.3 Å². The summed E-state index contributed by atoms with van der Waals surface area (Å²) in [7, 11) is 2.99. The predicted octanol–water partition coefficient (Wildman–Crippen LogP) is 0.582. The normalized spacial score (nSPS) is 10.3. The fourth-order valence-electron chi connectivity index (χ4n) is 1.98. The molecule has 0 spiro atoms. The van der Waals surface area contributed by atoms with Crippen molar-refractivity contribution in [3.05, 3.63) is 49.5 Å². The average molecular weight is 306 g/mol. The van der Waals surface area contributed by atoms with E-state index in [0.717, 1.165) is 4.57 Å². The Bertz CT molecular complexity index is 824. The van der Waals surface area contributed by atoms with Crippen molar-refractivity contribution in [3.8, 4) is 11.5 Å². The molecule has 1 aromatic heterocycles. The molecule has 0 saturated carbocycles. The van der Waals surface area contributed by atoms with Crippen molar-refractivity contribution in [1.82, 2.24) is 9.55 Å². The summed E-state index contributed by atoms with van der Waals surface area (Å²) in [4.78, 5) is 35.9. The van der Waals surface area contributed by atoms with E-state index in [1.807, 2.05) is 4.98 Å². The van der Waals surface area contributed by atoms with Crippen LogP contribution in [0.3, 0.4) is 0 Å². The SMILES string of the molecule is COc1ccc(Cn2c(N)c(N=O)c(=O)[nH]c2=O)cc1OC. The Hall–Kier alpha value is -3.10. The average Bonchev–Trinajstić information content (AvgIpc) is 2.51. The number of nitrogen functional groups attached to an aromatic ring is 1. The molecule has 0 aliphatic heterocycles. The highest BCUT2D eigenvalue weighted by atomic mass is 16.5. The number of hydrogen-bond acceptors (Lipinski definition) is 7. The van der Waals surface area contributed by atoms with Crippen LogP contribution in [0.15, 0.2) is 33.0 Å². The predicted molar refractivity (Wildman–Crippen MR) is 79.8 cm³/mol. The van der Waals surface area contributed by atoms with Crippen LogP contribution in [0.2, 0.25) is 0 Å². The highest BCUT2D eigenvalue weighted by Gasteiger charge is 2.14. The number of nitrogens with one attached hydrogen (secondary N) is 1. The van der Waals surface area contributed by atoms with Crippen molar-refractivity contribution in [1.29, 1.82) is 0 Å². The summed E-state index contributed by atoms with van der Waals surface area (Å²) in [6, 6.07) is 5.02. The molecule has 9 heteroatoms. The van der Waals surface area contributed by atoms with Crippen LogP contribution in [0, 0.1) is 4.91 Å². The number of hydrogen-bond donors (Lipinski definition) is 2. The van der Waals surface area contributed by atoms with E-state index in [-0.39, 0.29) is 12.4 Å². The molecule has 0 aliphatic carbocycles. The van der Waals surface area contributed by atoms with Crippen molar-refractivity contribution in [3.63, 3.8) is 0 Å². The maximum Gasteiger partial charge on any atom is 0.330 e. The highest BCUT2D eigenvalue weighted by molar-refractivity contribution is 5.56. The first-order chi connectivity index (χ1) is 10.5. The standard InChI is InChI=1S/C13H14N4O5/c1-21-8-4-3-7(5-9(8)22-2)6-17-11(14)10(16-20)12(18)15-13(17)19/h3-5H,6,14H2,1-2H3,(H,15,18,19). The van der Waals surface area contributed by atoms with Crippen molar-refractivity contribution < 1.29 is 9.47 Å². The number of ether oxygens (including phenoxy) is 2. The van der Waals surface area contributed by atoms with Crippen molar-refractivity contribution >= 4 is 11.5 Å². The number of aromatic nitrogens is 2. The lowest BCUT2D eigenvalue weighted by atomic mass is 10.2. The maximum absolute atomic E-state index is 11.8. The second-order valence-electron chi connectivity index (χ2n) is 4.36. The Morgan fingerprint density at radius 2 is 1.91 bits per heavy atom. The molecule has 0 aliphatic rings. The molecular formula is C13H14N4O5. The lowest BCUT2D eigenvalue weighted by Crippen LogP contribution is -2.32. The van der Waals surface area contributed by atoms with Gasteiger partial charge >= 0.3 is 5.69 Å². The number of nitroso groups, excluding NO2 is 1. The van der Waals surface area contributed by atoms with Gasteiger partial charge in [0, 0.05) is 0 Å². The van der Waals surface area contributed by atoms with Crippen LogP contribution in [0.5, 0.6) is 11.5 Å². The first-order valence-electron chi connectivity index (χ1n) is 6.18. The zero-order valence-corrected chi connectivity index (χ0v) is 12.0. The van der Waals surface area contributed by atoms with Gasteiger partial charge in [-0.05, 0) is 22.9 Å². The van der Waals surface area contributed by atoms with Gasteiger partial charge in [-0.25, -0.2) is 4.79 Å². The van der Waals surface area contributed by atoms with Crippen LogP contribution in [-0.4, -0.2) is 23.8 Å². The van der Waals surface area contributed by atoms with Crippen LogP contribution in [0.25, 0.3) is 0 Å². The smallest absolute Gasteiger partial charge is 0.330 e. The van der Waals surface area contributed by atoms with Crippen LogP contribution < -0.4 is 26.5 Å². The van der Waals surface area contributed by atoms with E-state index in [0.29, 0.717) is 17.1 Å². The zero-order chi connectivity index (χ0) is 16.3. The molecule has 22 heavy (non-hydrogen) atoms. The summed E-state index contributed by atoms with van der Waals surface area (Å²) >= 11 is 0. The molecule has 116 valence electrons. The first kappa shape index (κ1) is 15.3. The zero-order valence-electron chi connectivity index (χ0n) is 12.0. The molecule has 0 fully saturated rings. The van der Waals surface area contributed by atoms with Crippen molar-refractivity contribution in [2.75, 3.05) is 20.0 Å². The van der Waals surface area contributed by atoms with Crippen LogP contribution >= 0.6 is 0 Å². The Labute approximate surface area is 124 Å². The van der Waals surface area contributed by atoms with Crippen LogP contribution in [0.1, 0.15) is 5.56 Å². The summed E-state index contributed by atoms with van der Waals surface area (Å²) in [6.07, 6.45) is 0. The van der Waals surface area contributed by atoms with Crippen LogP contribution in [-0.2, 0) is 6.54 Å². The summed E-state index contributed by atoms with van der Waals surface area (Å²) in [6.45, 7) is 0.0321. The van der Waals surface area contributed by atoms with Gasteiger partial charge in [0.25, 0.3) is 5.56 Å². The fraction of sp³-hybridized carbons (Fsp3) is 0.231. The second-order valence-corrected chi connectivity index (χ2v) is 4.36. The topological polar surface area (TPSA) is 129 Å². The number of nitrogens with two attached hydrogens (primary N) is 1. The third kappa shape index (κ3) is 2.68. The molecule has 0 amide bonds. The largest absolute Gasteiger partial charge is 0.493 e. The molecule has 2 rings (SSSR count). The number of H-pyrrole nitrogens is 1. The first-order valence-corrected chi connectivity index (χ1v) is 6.18. The Balaban J connectivity index is 2.50. The minimum Gasteiger partial charge on any atom is -0.493 e. The van der Waals surface area contributed by atoms with Gasteiger partial charge in [0.1, 0.15) is 5.82 Å². The molecule has 0 bridgehead atoms. The summed E-state index contributed by atoms with van der Waals surface area (Å²) in [5, 5.41) is 2.55. The quantitative estimate of drug-likeness (QED) is 0.777. The minimum absolute atomic E-state index is 0.0321. The maximum atomic E-state index is 11.8. The number of rotatable bonds is 5. The number of nitrogens with zero attached hydrogens (tertiary/aromatic N) is 2. The van der Waals surface area contributed by atoms with Crippen molar-refractivity contribution in [2.45, 2.75) is 6.54 Å². The van der Waals surface area contributed by atoms with E-state index < -0.39 is 16.9 Å². The van der Waals surface area contributed by atoms with E-state index in [9.17, 15) is 14.5 Å². The lowest BCUT2D eigenvalue weighted by Gasteiger charge is -2.12. The Morgan fingerprint density at radius 3 is 2.50 bits per heavy atom. The van der Waals surface area contributed by atoms with Gasteiger partial charge < -0.3 is 15.2 Å². The molecule has 9 nitrogen and oxygen atoms in total. The molecule has 0 unspecified atom stereocenters. The van der Waals surface area contributed by atoms with E-state index in [2.05, 4.69) is 5.18 Å². The van der Waals surface area contributed by atoms with Crippen molar-refractivity contribution in [2.24, 2.45) is 5.18 Å². The molecule has 0 saturated heterocycles. The van der Waals surface area contributed by atoms with E-state index in [1.54, 1.807) is 18.2 Å². The summed E-state index contributed by atoms with van der Waals surface area (Å²) < 4.78 is 11.3. The van der Waals surface area contributed by atoms with Gasteiger partial charge in [-0.15, -0.1) is 4.91 Å². The molecule has 2 aromatic rings. The third-order valence-corrected chi connectivity index (χ3v) is 3.09. The fourth-order valence-corrected chi connectivity index (χ4v) is 1.98. The molecule has 3 N–H and O–H groups in total. The van der Waals surface area contributed by atoms with Gasteiger partial charge in [0.15, 0.2) is 11.5 Å². The Morgan fingerprint density at radius 1 is 1.23 bits per heavy atom. The number of anilines is 1. The van der Waals surface area contributed by atoms with Gasteiger partial charge in [0.2, 0.25) is 5.69 Å². The van der Waals surface area contributed by atoms with Gasteiger partial charge in [-0.2, -0.15) is 0 Å². The number of aromatic amines is 1. The number of benzene rings is 1. The van der Waals surface area contributed by atoms with Crippen LogP contribution in [0.4, 0.5) is 11.5 Å². The highest BCUT2D eigenvalue weighted by Crippen LogP contribution is 2.28. The van der Waals surface area contributed by atoms with Gasteiger partial charge in [0.05, 0.1) is 20.8 Å². The minimum atomic E-state index is -0.916. The lowest BCUT2D eigenvalue weighted by molar-refractivity contribution is 0.354. The monoisotopic (exact) mass is 306 g/mol. The number of methoxy groups -OCH3 is 2. The molecule has 0 radical (unpaired) electrons.